The fraction of sp³-hybridized carbons (Fsp3) is 0.500. The molecule has 0 bridgehead atoms. The lowest BCUT2D eigenvalue weighted by molar-refractivity contribution is -0.144. The van der Waals surface area contributed by atoms with Crippen LogP contribution in [0, 0.1) is 3.57 Å². The molecule has 0 spiro atoms. The molecule has 0 saturated carbocycles. The second kappa shape index (κ2) is 8.48. The standard InChI is InChI=1S/C14H20INO2/c1-3-9-16(11-14(17)18-4-2)10-12-5-7-13(15)8-6-12/h5-8H,3-4,9-11H2,1-2H3. The maximum Gasteiger partial charge on any atom is 0.320 e. The number of ether oxygens (including phenoxy) is 1. The Hall–Kier alpha value is -0.620. The molecular formula is C14H20INO2. The van der Waals surface area contributed by atoms with E-state index in [1.54, 1.807) is 0 Å². The summed E-state index contributed by atoms with van der Waals surface area (Å²) in [6.07, 6.45) is 1.03. The highest BCUT2D eigenvalue weighted by Gasteiger charge is 2.11. The average Bonchev–Trinajstić information content (AvgIpc) is 2.32. The van der Waals surface area contributed by atoms with Crippen molar-refractivity contribution in [3.05, 3.63) is 33.4 Å². The van der Waals surface area contributed by atoms with Gasteiger partial charge in [-0.3, -0.25) is 9.69 Å². The zero-order chi connectivity index (χ0) is 13.4. The van der Waals surface area contributed by atoms with Crippen LogP contribution in [0.15, 0.2) is 24.3 Å². The number of carbonyl (C=O) groups excluding carboxylic acids is 1. The SMILES string of the molecule is CCCN(CC(=O)OCC)Cc1ccc(I)cc1. The zero-order valence-corrected chi connectivity index (χ0v) is 13.1. The molecule has 0 aromatic heterocycles. The van der Waals surface area contributed by atoms with Crippen LogP contribution in [0.4, 0.5) is 0 Å². The molecular weight excluding hydrogens is 341 g/mol. The summed E-state index contributed by atoms with van der Waals surface area (Å²) in [6.45, 7) is 6.47. The van der Waals surface area contributed by atoms with Crippen molar-refractivity contribution in [2.24, 2.45) is 0 Å². The van der Waals surface area contributed by atoms with Crippen LogP contribution in [-0.4, -0.2) is 30.6 Å². The van der Waals surface area contributed by atoms with E-state index in [1.165, 1.54) is 9.13 Å². The Labute approximate surface area is 123 Å². The quantitative estimate of drug-likeness (QED) is 0.552. The molecule has 4 heteroatoms. The molecule has 100 valence electrons. The van der Waals surface area contributed by atoms with Crippen molar-refractivity contribution in [2.45, 2.75) is 26.8 Å². The van der Waals surface area contributed by atoms with Gasteiger partial charge in [-0.25, -0.2) is 0 Å². The molecule has 0 atom stereocenters. The average molecular weight is 361 g/mol. The molecule has 0 unspecified atom stereocenters. The van der Waals surface area contributed by atoms with Crippen molar-refractivity contribution in [3.63, 3.8) is 0 Å². The van der Waals surface area contributed by atoms with E-state index in [2.05, 4.69) is 58.7 Å². The van der Waals surface area contributed by atoms with Crippen LogP contribution in [0.1, 0.15) is 25.8 Å². The Morgan fingerprint density at radius 3 is 2.50 bits per heavy atom. The van der Waals surface area contributed by atoms with E-state index < -0.39 is 0 Å². The van der Waals surface area contributed by atoms with E-state index in [9.17, 15) is 4.79 Å². The maximum absolute atomic E-state index is 11.5. The highest BCUT2D eigenvalue weighted by atomic mass is 127. The van der Waals surface area contributed by atoms with Crippen molar-refractivity contribution < 1.29 is 9.53 Å². The summed E-state index contributed by atoms with van der Waals surface area (Å²) in [7, 11) is 0. The minimum absolute atomic E-state index is 0.142. The second-order valence-electron chi connectivity index (χ2n) is 4.14. The van der Waals surface area contributed by atoms with Gasteiger partial charge >= 0.3 is 5.97 Å². The second-order valence-corrected chi connectivity index (χ2v) is 5.39. The van der Waals surface area contributed by atoms with Crippen LogP contribution in [0.3, 0.4) is 0 Å². The predicted octanol–water partition coefficient (Wildman–Crippen LogP) is 3.07. The Bertz CT molecular complexity index is 365. The smallest absolute Gasteiger partial charge is 0.320 e. The number of hydrogen-bond acceptors (Lipinski definition) is 3. The third-order valence-electron chi connectivity index (χ3n) is 2.52. The van der Waals surface area contributed by atoms with Gasteiger partial charge in [-0.05, 0) is 60.2 Å². The highest BCUT2D eigenvalue weighted by Crippen LogP contribution is 2.09. The van der Waals surface area contributed by atoms with E-state index in [0.29, 0.717) is 13.2 Å². The van der Waals surface area contributed by atoms with Crippen LogP contribution in [-0.2, 0) is 16.1 Å². The first-order valence-electron chi connectivity index (χ1n) is 6.28. The predicted molar refractivity (Wildman–Crippen MR) is 81.4 cm³/mol. The number of esters is 1. The molecule has 1 aromatic carbocycles. The summed E-state index contributed by atoms with van der Waals surface area (Å²) in [5, 5.41) is 0. The lowest BCUT2D eigenvalue weighted by Crippen LogP contribution is -2.31. The van der Waals surface area contributed by atoms with Gasteiger partial charge in [0.05, 0.1) is 13.2 Å². The molecule has 0 saturated heterocycles. The topological polar surface area (TPSA) is 29.5 Å². The van der Waals surface area contributed by atoms with E-state index in [4.69, 9.17) is 4.74 Å². The normalized spacial score (nSPS) is 10.7. The van der Waals surface area contributed by atoms with E-state index in [0.717, 1.165) is 19.5 Å². The summed E-state index contributed by atoms with van der Waals surface area (Å²) in [5.74, 6) is -0.142. The number of carbonyl (C=O) groups is 1. The van der Waals surface area contributed by atoms with Gasteiger partial charge in [0.15, 0.2) is 0 Å². The van der Waals surface area contributed by atoms with Gasteiger partial charge in [0.1, 0.15) is 0 Å². The number of benzene rings is 1. The maximum atomic E-state index is 11.5. The Balaban J connectivity index is 2.56. The van der Waals surface area contributed by atoms with Gasteiger partial charge in [0.25, 0.3) is 0 Å². The van der Waals surface area contributed by atoms with Gasteiger partial charge < -0.3 is 4.74 Å². The molecule has 0 N–H and O–H groups in total. The lowest BCUT2D eigenvalue weighted by Gasteiger charge is -2.20. The monoisotopic (exact) mass is 361 g/mol. The molecule has 0 fully saturated rings. The Kier molecular flexibility index (Phi) is 7.27. The Morgan fingerprint density at radius 1 is 1.28 bits per heavy atom. The van der Waals surface area contributed by atoms with Crippen LogP contribution in [0.5, 0.6) is 0 Å². The summed E-state index contributed by atoms with van der Waals surface area (Å²) >= 11 is 2.29. The van der Waals surface area contributed by atoms with Gasteiger partial charge in [-0.2, -0.15) is 0 Å². The minimum Gasteiger partial charge on any atom is -0.465 e. The number of halogens is 1. The van der Waals surface area contributed by atoms with Crippen LogP contribution in [0.2, 0.25) is 0 Å². The number of nitrogens with zero attached hydrogens (tertiary/aromatic N) is 1. The molecule has 3 nitrogen and oxygen atoms in total. The van der Waals surface area contributed by atoms with Crippen molar-refractivity contribution in [1.29, 1.82) is 0 Å². The molecule has 1 aromatic rings. The zero-order valence-electron chi connectivity index (χ0n) is 11.0. The van der Waals surface area contributed by atoms with Crippen LogP contribution < -0.4 is 0 Å². The highest BCUT2D eigenvalue weighted by molar-refractivity contribution is 14.1. The fourth-order valence-corrected chi connectivity index (χ4v) is 2.13. The molecule has 0 amide bonds. The van der Waals surface area contributed by atoms with E-state index in [1.807, 2.05) is 6.92 Å². The molecule has 0 heterocycles. The number of hydrogen-bond donors (Lipinski definition) is 0. The van der Waals surface area contributed by atoms with Crippen molar-refractivity contribution in [3.8, 4) is 0 Å². The molecule has 1 rings (SSSR count). The summed E-state index contributed by atoms with van der Waals surface area (Å²) < 4.78 is 6.22. The van der Waals surface area contributed by atoms with E-state index >= 15 is 0 Å². The first-order chi connectivity index (χ1) is 8.65. The first-order valence-corrected chi connectivity index (χ1v) is 7.36. The minimum atomic E-state index is -0.142. The summed E-state index contributed by atoms with van der Waals surface area (Å²) in [4.78, 5) is 13.6. The molecule has 0 aliphatic rings. The molecule has 18 heavy (non-hydrogen) atoms. The van der Waals surface area contributed by atoms with Crippen LogP contribution >= 0.6 is 22.6 Å². The van der Waals surface area contributed by atoms with Crippen LogP contribution in [0.25, 0.3) is 0 Å². The molecule has 0 radical (unpaired) electrons. The van der Waals surface area contributed by atoms with Gasteiger partial charge in [0, 0.05) is 10.1 Å². The Morgan fingerprint density at radius 2 is 1.94 bits per heavy atom. The van der Waals surface area contributed by atoms with Gasteiger partial charge in [0.2, 0.25) is 0 Å². The lowest BCUT2D eigenvalue weighted by atomic mass is 10.2. The van der Waals surface area contributed by atoms with E-state index in [-0.39, 0.29) is 5.97 Å². The third kappa shape index (κ3) is 5.82. The van der Waals surface area contributed by atoms with Crippen molar-refractivity contribution in [1.82, 2.24) is 4.90 Å². The van der Waals surface area contributed by atoms with Gasteiger partial charge in [-0.1, -0.05) is 19.1 Å². The summed E-state index contributed by atoms with van der Waals surface area (Å²) in [5.41, 5.74) is 1.23. The third-order valence-corrected chi connectivity index (χ3v) is 3.24. The van der Waals surface area contributed by atoms with Crippen molar-refractivity contribution >= 4 is 28.6 Å². The largest absolute Gasteiger partial charge is 0.465 e. The summed E-state index contributed by atoms with van der Waals surface area (Å²) in [6, 6.07) is 8.39. The van der Waals surface area contributed by atoms with Crippen molar-refractivity contribution in [2.75, 3.05) is 19.7 Å². The first kappa shape index (κ1) is 15.4. The fourth-order valence-electron chi connectivity index (χ4n) is 1.77. The van der Waals surface area contributed by atoms with Gasteiger partial charge in [-0.15, -0.1) is 0 Å². The number of rotatable bonds is 7. The molecule has 0 aliphatic carbocycles. The molecule has 0 aliphatic heterocycles.